The van der Waals surface area contributed by atoms with Crippen molar-refractivity contribution in [2.75, 3.05) is 33.0 Å². The van der Waals surface area contributed by atoms with E-state index in [1.54, 1.807) is 26.0 Å². The van der Waals surface area contributed by atoms with E-state index in [1.165, 1.54) is 0 Å². The molecule has 0 bridgehead atoms. The Hall–Kier alpha value is -0.840. The highest BCUT2D eigenvalue weighted by molar-refractivity contribution is 4.53. The van der Waals surface area contributed by atoms with Crippen molar-refractivity contribution >= 4 is 0 Å². The van der Waals surface area contributed by atoms with Gasteiger partial charge in [-0.05, 0) is 34.6 Å². The van der Waals surface area contributed by atoms with E-state index in [0.29, 0.717) is 13.2 Å². The van der Waals surface area contributed by atoms with Crippen molar-refractivity contribution in [2.24, 2.45) is 0 Å². The van der Waals surface area contributed by atoms with E-state index >= 15 is 0 Å². The SMILES string of the molecule is C=CC.C=CC.CC(O)COC(C)COC(C)CO.N.N.OCCO. The van der Waals surface area contributed by atoms with Gasteiger partial charge in [-0.2, -0.15) is 0 Å². The fraction of sp³-hybridized carbons (Fsp3) is 0.765. The third-order valence-electron chi connectivity index (χ3n) is 1.59. The molecule has 3 atom stereocenters. The van der Waals surface area contributed by atoms with Gasteiger partial charge in [0.2, 0.25) is 0 Å². The summed E-state index contributed by atoms with van der Waals surface area (Å²) in [4.78, 5) is 0. The lowest BCUT2D eigenvalue weighted by Crippen LogP contribution is -2.24. The fourth-order valence-electron chi connectivity index (χ4n) is 0.704. The van der Waals surface area contributed by atoms with Gasteiger partial charge in [-0.25, -0.2) is 0 Å². The minimum absolute atomic E-state index is 0. The van der Waals surface area contributed by atoms with Crippen LogP contribution in [0, 0.1) is 0 Å². The average molecular weight is 373 g/mol. The third kappa shape index (κ3) is 70.1. The van der Waals surface area contributed by atoms with E-state index in [4.69, 9.17) is 29.9 Å². The van der Waals surface area contributed by atoms with Crippen LogP contribution in [0.4, 0.5) is 0 Å². The molecule has 158 valence electrons. The molecular formula is C17H44N2O6. The first-order valence-corrected chi connectivity index (χ1v) is 7.68. The van der Waals surface area contributed by atoms with Gasteiger partial charge < -0.3 is 42.2 Å². The van der Waals surface area contributed by atoms with Crippen molar-refractivity contribution < 1.29 is 29.9 Å². The smallest absolute Gasteiger partial charge is 0.0781 e. The van der Waals surface area contributed by atoms with E-state index in [9.17, 15) is 0 Å². The number of hydrogen-bond donors (Lipinski definition) is 6. The van der Waals surface area contributed by atoms with E-state index < -0.39 is 6.10 Å². The summed E-state index contributed by atoms with van der Waals surface area (Å²) in [6.45, 7) is 16.4. The summed E-state index contributed by atoms with van der Waals surface area (Å²) in [6.07, 6.45) is 2.85. The van der Waals surface area contributed by atoms with Crippen LogP contribution in [0.1, 0.15) is 34.6 Å². The summed E-state index contributed by atoms with van der Waals surface area (Å²) < 4.78 is 10.5. The lowest BCUT2D eigenvalue weighted by Gasteiger charge is -2.16. The molecule has 0 fully saturated rings. The van der Waals surface area contributed by atoms with E-state index in [-0.39, 0.29) is 44.3 Å². The number of aliphatic hydroxyl groups is 4. The second kappa shape index (κ2) is 38.6. The number of allylic oxidation sites excluding steroid dienone is 2. The zero-order valence-electron chi connectivity index (χ0n) is 16.9. The molecule has 0 saturated heterocycles. The molecule has 0 heterocycles. The van der Waals surface area contributed by atoms with Gasteiger partial charge >= 0.3 is 0 Å². The van der Waals surface area contributed by atoms with Crippen LogP contribution in [0.5, 0.6) is 0 Å². The molecule has 0 amide bonds. The lowest BCUT2D eigenvalue weighted by atomic mass is 10.4. The maximum absolute atomic E-state index is 8.92. The summed E-state index contributed by atoms with van der Waals surface area (Å²) in [6, 6.07) is 0. The first kappa shape index (κ1) is 39.3. The van der Waals surface area contributed by atoms with Crippen molar-refractivity contribution in [1.82, 2.24) is 12.3 Å². The second-order valence-corrected chi connectivity index (χ2v) is 4.58. The van der Waals surface area contributed by atoms with Crippen molar-refractivity contribution in [1.29, 1.82) is 0 Å². The molecule has 0 rings (SSSR count). The Kier molecular flexibility index (Phi) is 60.7. The maximum atomic E-state index is 8.92. The van der Waals surface area contributed by atoms with E-state index in [1.807, 2.05) is 20.8 Å². The van der Waals surface area contributed by atoms with Crippen LogP contribution in [-0.4, -0.2) is 71.8 Å². The van der Waals surface area contributed by atoms with Gasteiger partial charge in [0.05, 0.1) is 51.3 Å². The van der Waals surface area contributed by atoms with Crippen molar-refractivity contribution in [3.05, 3.63) is 25.3 Å². The zero-order chi connectivity index (χ0) is 19.1. The summed E-state index contributed by atoms with van der Waals surface area (Å²) >= 11 is 0. The van der Waals surface area contributed by atoms with Crippen molar-refractivity contribution in [2.45, 2.75) is 52.9 Å². The Labute approximate surface area is 154 Å². The highest BCUT2D eigenvalue weighted by Gasteiger charge is 2.06. The minimum Gasteiger partial charge on any atom is -0.394 e. The zero-order valence-corrected chi connectivity index (χ0v) is 16.9. The summed E-state index contributed by atoms with van der Waals surface area (Å²) in [7, 11) is 0. The van der Waals surface area contributed by atoms with Crippen LogP contribution in [0.25, 0.3) is 0 Å². The van der Waals surface area contributed by atoms with Crippen LogP contribution in [0.3, 0.4) is 0 Å². The summed E-state index contributed by atoms with van der Waals surface area (Å²) in [5.74, 6) is 0. The van der Waals surface area contributed by atoms with Gasteiger partial charge in [0.15, 0.2) is 0 Å². The van der Waals surface area contributed by atoms with Gasteiger partial charge in [-0.3, -0.25) is 0 Å². The Bertz CT molecular complexity index is 211. The monoisotopic (exact) mass is 372 g/mol. The second-order valence-electron chi connectivity index (χ2n) is 4.58. The fourth-order valence-corrected chi connectivity index (χ4v) is 0.704. The first-order chi connectivity index (χ1) is 10.8. The molecule has 0 aliphatic carbocycles. The Morgan fingerprint density at radius 3 is 1.36 bits per heavy atom. The Balaban J connectivity index is -0.0000000629. The van der Waals surface area contributed by atoms with Crippen LogP contribution in [0.15, 0.2) is 25.3 Å². The molecule has 10 N–H and O–H groups in total. The third-order valence-corrected chi connectivity index (χ3v) is 1.59. The molecule has 0 aliphatic heterocycles. The van der Waals surface area contributed by atoms with Crippen molar-refractivity contribution in [3.8, 4) is 0 Å². The van der Waals surface area contributed by atoms with E-state index in [0.717, 1.165) is 0 Å². The molecule has 8 heteroatoms. The van der Waals surface area contributed by atoms with Gasteiger partial charge in [0, 0.05) is 0 Å². The predicted octanol–water partition coefficient (Wildman–Crippen LogP) is 1.85. The molecule has 25 heavy (non-hydrogen) atoms. The topological polar surface area (TPSA) is 169 Å². The van der Waals surface area contributed by atoms with Crippen LogP contribution >= 0.6 is 0 Å². The molecular weight excluding hydrogens is 328 g/mol. The quantitative estimate of drug-likeness (QED) is 0.350. The van der Waals surface area contributed by atoms with Crippen LogP contribution in [0.2, 0.25) is 0 Å². The molecule has 8 nitrogen and oxygen atoms in total. The minimum atomic E-state index is -0.447. The number of rotatable bonds is 8. The maximum Gasteiger partial charge on any atom is 0.0781 e. The van der Waals surface area contributed by atoms with Gasteiger partial charge in [-0.1, -0.05) is 12.2 Å². The highest BCUT2D eigenvalue weighted by atomic mass is 16.5. The number of aliphatic hydroxyl groups excluding tert-OH is 4. The first-order valence-electron chi connectivity index (χ1n) is 7.68. The largest absolute Gasteiger partial charge is 0.394 e. The molecule has 0 aromatic carbocycles. The summed E-state index contributed by atoms with van der Waals surface area (Å²) in [5.41, 5.74) is 0. The molecule has 0 spiro atoms. The number of ether oxygens (including phenoxy) is 2. The molecule has 0 aromatic rings. The highest BCUT2D eigenvalue weighted by Crippen LogP contribution is 1.97. The number of hydrogen-bond acceptors (Lipinski definition) is 8. The van der Waals surface area contributed by atoms with Crippen LogP contribution in [-0.2, 0) is 9.47 Å². The molecule has 0 aromatic heterocycles. The molecule has 0 saturated carbocycles. The van der Waals surface area contributed by atoms with Gasteiger partial charge in [-0.15, -0.1) is 13.2 Å². The Morgan fingerprint density at radius 1 is 0.800 bits per heavy atom. The molecule has 0 aliphatic rings. The van der Waals surface area contributed by atoms with Crippen LogP contribution < -0.4 is 12.3 Å². The predicted molar refractivity (Wildman–Crippen MR) is 106 cm³/mol. The Morgan fingerprint density at radius 2 is 1.12 bits per heavy atom. The average Bonchev–Trinajstić information content (AvgIpc) is 2.52. The van der Waals surface area contributed by atoms with Gasteiger partial charge in [0.25, 0.3) is 0 Å². The van der Waals surface area contributed by atoms with E-state index in [2.05, 4.69) is 13.2 Å². The molecule has 3 unspecified atom stereocenters. The molecule has 0 radical (unpaired) electrons. The lowest BCUT2D eigenvalue weighted by molar-refractivity contribution is -0.0620. The summed E-state index contributed by atoms with van der Waals surface area (Å²) in [5, 5.41) is 32.8. The van der Waals surface area contributed by atoms with Crippen molar-refractivity contribution in [3.63, 3.8) is 0 Å². The standard InChI is InChI=1S/C9H20O4.2C3H6.C2H6O2.2H3N/c1-7(11)5-12-9(3)6-13-8(2)4-10;2*1-3-2;3-1-2-4;;/h7-11H,4-6H2,1-3H3;2*3H,1H2,2H3;3-4H,1-2H2;2*1H3. The normalized spacial score (nSPS) is 11.7. The van der Waals surface area contributed by atoms with Gasteiger partial charge in [0.1, 0.15) is 0 Å².